The molecule has 2 rings (SSSR count). The molecule has 0 aromatic heterocycles. The van der Waals surface area contributed by atoms with E-state index < -0.39 is 6.61 Å². The quantitative estimate of drug-likeness (QED) is 0.906. The Morgan fingerprint density at radius 1 is 1.24 bits per heavy atom. The predicted octanol–water partition coefficient (Wildman–Crippen LogP) is 2.48. The van der Waals surface area contributed by atoms with Gasteiger partial charge < -0.3 is 14.8 Å². The molecule has 2 unspecified atom stereocenters. The normalized spacial score (nSPS) is 23.3. The van der Waals surface area contributed by atoms with E-state index in [1.807, 2.05) is 6.07 Å². The van der Waals surface area contributed by atoms with Gasteiger partial charge in [0.25, 0.3) is 0 Å². The van der Waals surface area contributed by atoms with E-state index in [0.717, 1.165) is 25.2 Å². The molecule has 1 aliphatic rings. The minimum atomic E-state index is -2.85. The molecule has 1 aliphatic heterocycles. The van der Waals surface area contributed by atoms with Gasteiger partial charge in [-0.15, -0.1) is 0 Å². The van der Waals surface area contributed by atoms with Gasteiger partial charge in [0.15, 0.2) is 11.5 Å². The molecule has 1 aromatic carbocycles. The van der Waals surface area contributed by atoms with E-state index in [1.165, 1.54) is 13.2 Å². The summed E-state index contributed by atoms with van der Waals surface area (Å²) in [5.74, 6) is 0.404. The Balaban J connectivity index is 2.13. The smallest absolute Gasteiger partial charge is 0.387 e. The maximum absolute atomic E-state index is 12.3. The van der Waals surface area contributed by atoms with Crippen LogP contribution in [0.4, 0.5) is 8.78 Å². The van der Waals surface area contributed by atoms with Crippen LogP contribution in [-0.4, -0.2) is 43.8 Å². The molecule has 1 heterocycles. The zero-order valence-electron chi connectivity index (χ0n) is 12.6. The maximum atomic E-state index is 12.3. The van der Waals surface area contributed by atoms with Crippen molar-refractivity contribution in [1.29, 1.82) is 0 Å². The largest absolute Gasteiger partial charge is 0.493 e. The molecule has 0 bridgehead atoms. The first-order chi connectivity index (χ1) is 10.0. The third-order valence-corrected chi connectivity index (χ3v) is 3.82. The number of rotatable bonds is 5. The minimum Gasteiger partial charge on any atom is -0.493 e. The number of halogens is 2. The summed E-state index contributed by atoms with van der Waals surface area (Å²) in [6, 6.07) is 5.96. The number of methoxy groups -OCH3 is 1. The van der Waals surface area contributed by atoms with Gasteiger partial charge in [0, 0.05) is 31.7 Å². The molecule has 21 heavy (non-hydrogen) atoms. The lowest BCUT2D eigenvalue weighted by Gasteiger charge is -2.39. The number of hydrogen-bond donors (Lipinski definition) is 1. The van der Waals surface area contributed by atoms with Crippen molar-refractivity contribution in [3.8, 4) is 11.5 Å². The fourth-order valence-electron chi connectivity index (χ4n) is 2.70. The second-order valence-electron chi connectivity index (χ2n) is 5.39. The van der Waals surface area contributed by atoms with E-state index in [4.69, 9.17) is 4.74 Å². The molecule has 0 radical (unpaired) electrons. The fourth-order valence-corrected chi connectivity index (χ4v) is 2.70. The van der Waals surface area contributed by atoms with Gasteiger partial charge in [0.05, 0.1) is 7.11 Å². The van der Waals surface area contributed by atoms with Crippen LogP contribution < -0.4 is 14.8 Å². The maximum Gasteiger partial charge on any atom is 0.387 e. The van der Waals surface area contributed by atoms with E-state index in [1.54, 1.807) is 6.07 Å². The molecule has 0 amide bonds. The number of nitrogens with zero attached hydrogens (tertiary/aromatic N) is 1. The van der Waals surface area contributed by atoms with Gasteiger partial charge in [-0.05, 0) is 31.5 Å². The van der Waals surface area contributed by atoms with E-state index >= 15 is 0 Å². The zero-order chi connectivity index (χ0) is 15.4. The third kappa shape index (κ3) is 4.04. The Morgan fingerprint density at radius 2 is 1.90 bits per heavy atom. The molecule has 1 N–H and O–H groups in total. The lowest BCUT2D eigenvalue weighted by molar-refractivity contribution is -0.0512. The lowest BCUT2D eigenvalue weighted by Crippen LogP contribution is -2.54. The molecule has 118 valence electrons. The zero-order valence-corrected chi connectivity index (χ0v) is 12.6. The third-order valence-electron chi connectivity index (χ3n) is 3.82. The molecule has 4 nitrogen and oxygen atoms in total. The molecule has 0 saturated carbocycles. The molecule has 2 atom stereocenters. The van der Waals surface area contributed by atoms with Gasteiger partial charge in [-0.3, -0.25) is 4.90 Å². The summed E-state index contributed by atoms with van der Waals surface area (Å²) >= 11 is 0. The summed E-state index contributed by atoms with van der Waals surface area (Å²) < 4.78 is 34.2. The standard InChI is InChI=1S/C15H22F2N2O2/c1-10-7-18-8-11(2)19(10)9-12-4-5-13(21-15(16)17)14(6-12)20-3/h4-6,10-11,15,18H,7-9H2,1-3H3. The summed E-state index contributed by atoms with van der Waals surface area (Å²) in [5.41, 5.74) is 1.02. The Morgan fingerprint density at radius 3 is 2.48 bits per heavy atom. The van der Waals surface area contributed by atoms with Crippen LogP contribution >= 0.6 is 0 Å². The van der Waals surface area contributed by atoms with Crippen LogP contribution in [0.1, 0.15) is 19.4 Å². The number of nitrogens with one attached hydrogen (secondary N) is 1. The van der Waals surface area contributed by atoms with E-state index in [-0.39, 0.29) is 5.75 Å². The first kappa shape index (κ1) is 16.0. The van der Waals surface area contributed by atoms with Crippen LogP contribution in [0.15, 0.2) is 18.2 Å². The minimum absolute atomic E-state index is 0.0673. The molecular weight excluding hydrogens is 278 g/mol. The lowest BCUT2D eigenvalue weighted by atomic mass is 10.1. The Hall–Kier alpha value is -1.40. The van der Waals surface area contributed by atoms with E-state index in [9.17, 15) is 8.78 Å². The van der Waals surface area contributed by atoms with Crippen molar-refractivity contribution < 1.29 is 18.3 Å². The number of piperazine rings is 1. The summed E-state index contributed by atoms with van der Waals surface area (Å²) in [6.07, 6.45) is 0. The summed E-state index contributed by atoms with van der Waals surface area (Å²) in [7, 11) is 1.45. The van der Waals surface area contributed by atoms with Crippen molar-refractivity contribution in [2.24, 2.45) is 0 Å². The van der Waals surface area contributed by atoms with Crippen LogP contribution in [0, 0.1) is 0 Å². The van der Waals surface area contributed by atoms with Crippen LogP contribution in [0.25, 0.3) is 0 Å². The highest BCUT2D eigenvalue weighted by molar-refractivity contribution is 5.43. The topological polar surface area (TPSA) is 33.7 Å². The van der Waals surface area contributed by atoms with Gasteiger partial charge in [0.2, 0.25) is 0 Å². The second-order valence-corrected chi connectivity index (χ2v) is 5.39. The number of hydrogen-bond acceptors (Lipinski definition) is 4. The Labute approximate surface area is 124 Å². The SMILES string of the molecule is COc1cc(CN2C(C)CNCC2C)ccc1OC(F)F. The number of ether oxygens (including phenoxy) is 2. The van der Waals surface area contributed by atoms with Crippen molar-refractivity contribution in [2.45, 2.75) is 39.1 Å². The van der Waals surface area contributed by atoms with Crippen molar-refractivity contribution in [2.75, 3.05) is 20.2 Å². The van der Waals surface area contributed by atoms with Crippen molar-refractivity contribution in [3.63, 3.8) is 0 Å². The summed E-state index contributed by atoms with van der Waals surface area (Å²) in [4.78, 5) is 2.39. The molecular formula is C15H22F2N2O2. The molecule has 0 aliphatic carbocycles. The van der Waals surface area contributed by atoms with Crippen LogP contribution in [-0.2, 0) is 6.54 Å². The highest BCUT2D eigenvalue weighted by Gasteiger charge is 2.24. The average molecular weight is 300 g/mol. The van der Waals surface area contributed by atoms with E-state index in [0.29, 0.717) is 17.8 Å². The summed E-state index contributed by atoms with van der Waals surface area (Å²) in [6.45, 7) is 4.16. The molecule has 6 heteroatoms. The monoisotopic (exact) mass is 300 g/mol. The highest BCUT2D eigenvalue weighted by Crippen LogP contribution is 2.30. The summed E-state index contributed by atoms with van der Waals surface area (Å²) in [5, 5.41) is 3.38. The Bertz CT molecular complexity index is 461. The van der Waals surface area contributed by atoms with Crippen molar-refractivity contribution in [3.05, 3.63) is 23.8 Å². The molecule has 1 fully saturated rings. The predicted molar refractivity (Wildman–Crippen MR) is 77.0 cm³/mol. The van der Waals surface area contributed by atoms with Gasteiger partial charge >= 0.3 is 6.61 Å². The van der Waals surface area contributed by atoms with Crippen molar-refractivity contribution >= 4 is 0 Å². The molecule has 1 saturated heterocycles. The van der Waals surface area contributed by atoms with Gasteiger partial charge in [-0.25, -0.2) is 0 Å². The van der Waals surface area contributed by atoms with E-state index in [2.05, 4.69) is 28.8 Å². The number of alkyl halides is 2. The molecule has 1 aromatic rings. The first-order valence-corrected chi connectivity index (χ1v) is 7.09. The first-order valence-electron chi connectivity index (χ1n) is 7.09. The Kier molecular flexibility index (Phi) is 5.36. The van der Waals surface area contributed by atoms with Crippen molar-refractivity contribution in [1.82, 2.24) is 10.2 Å². The van der Waals surface area contributed by atoms with Crippen LogP contribution in [0.2, 0.25) is 0 Å². The van der Waals surface area contributed by atoms with Gasteiger partial charge in [-0.1, -0.05) is 6.07 Å². The van der Waals surface area contributed by atoms with Crippen LogP contribution in [0.5, 0.6) is 11.5 Å². The fraction of sp³-hybridized carbons (Fsp3) is 0.600. The second kappa shape index (κ2) is 7.04. The molecule has 0 spiro atoms. The highest BCUT2D eigenvalue weighted by atomic mass is 19.3. The average Bonchev–Trinajstić information content (AvgIpc) is 2.44. The van der Waals surface area contributed by atoms with Gasteiger partial charge in [0.1, 0.15) is 0 Å². The van der Waals surface area contributed by atoms with Gasteiger partial charge in [-0.2, -0.15) is 8.78 Å². The van der Waals surface area contributed by atoms with Crippen LogP contribution in [0.3, 0.4) is 0 Å². The number of benzene rings is 1.